The summed E-state index contributed by atoms with van der Waals surface area (Å²) in [6.07, 6.45) is 1.60. The predicted octanol–water partition coefficient (Wildman–Crippen LogP) is 5.32. The van der Waals surface area contributed by atoms with Crippen molar-refractivity contribution in [3.05, 3.63) is 80.0 Å². The number of carbonyl (C=O) groups is 2. The van der Waals surface area contributed by atoms with Crippen molar-refractivity contribution < 1.29 is 19.1 Å². The Hall–Kier alpha value is -2.91. The van der Waals surface area contributed by atoms with E-state index in [1.807, 2.05) is 48.7 Å². The number of carbonyl (C=O) groups excluding carboxylic acids is 2. The predicted molar refractivity (Wildman–Crippen MR) is 134 cm³/mol. The van der Waals surface area contributed by atoms with Crippen molar-refractivity contribution >= 4 is 50.0 Å². The van der Waals surface area contributed by atoms with Gasteiger partial charge in [0.15, 0.2) is 6.61 Å². The van der Waals surface area contributed by atoms with Crippen LogP contribution in [0, 0.1) is 13.8 Å². The van der Waals surface area contributed by atoms with Crippen molar-refractivity contribution in [1.82, 2.24) is 9.99 Å². The molecule has 0 atom stereocenters. The molecule has 9 heteroatoms. The van der Waals surface area contributed by atoms with Gasteiger partial charge in [-0.05, 0) is 85.2 Å². The molecule has 3 aromatic rings. The molecular formula is C24H23Br2N3O4. The van der Waals surface area contributed by atoms with Gasteiger partial charge in [-0.25, -0.2) is 10.2 Å². The quantitative estimate of drug-likeness (QED) is 0.223. The fraction of sp³-hybridized carbons (Fsp3) is 0.208. The number of hydrogen-bond acceptors (Lipinski definition) is 5. The molecule has 0 aliphatic rings. The molecule has 0 saturated carbocycles. The molecule has 33 heavy (non-hydrogen) atoms. The molecule has 1 N–H and O–H groups in total. The standard InChI is InChI=1S/C24H23Br2N3O4/c1-4-32-24(31)17-5-8-20(9-6-17)29-15(2)11-18(16(29)3)13-27-28-23(30)14-33-22-10-7-19(25)12-21(22)26/h5-13H,4,14H2,1-3H3,(H,28,30)/b27-13+. The monoisotopic (exact) mass is 575 g/mol. The first-order chi connectivity index (χ1) is 15.8. The van der Waals surface area contributed by atoms with Crippen LogP contribution in [0.15, 0.2) is 62.6 Å². The molecule has 0 unspecified atom stereocenters. The third-order valence-electron chi connectivity index (χ3n) is 4.75. The van der Waals surface area contributed by atoms with E-state index in [1.54, 1.807) is 31.3 Å². The lowest BCUT2D eigenvalue weighted by Crippen LogP contribution is -2.24. The first kappa shape index (κ1) is 24.7. The molecule has 172 valence electrons. The topological polar surface area (TPSA) is 81.9 Å². The van der Waals surface area contributed by atoms with Crippen molar-refractivity contribution in [3.8, 4) is 11.4 Å². The Labute approximate surface area is 209 Å². The average molecular weight is 577 g/mol. The molecule has 0 bridgehead atoms. The van der Waals surface area contributed by atoms with Crippen LogP contribution in [0.25, 0.3) is 5.69 Å². The van der Waals surface area contributed by atoms with Crippen molar-refractivity contribution in [2.45, 2.75) is 20.8 Å². The van der Waals surface area contributed by atoms with E-state index < -0.39 is 0 Å². The van der Waals surface area contributed by atoms with Gasteiger partial charge in [0.05, 0.1) is 22.9 Å². The third kappa shape index (κ3) is 6.33. The van der Waals surface area contributed by atoms with E-state index in [2.05, 4.69) is 42.4 Å². The van der Waals surface area contributed by atoms with E-state index in [1.165, 1.54) is 0 Å². The molecule has 0 aliphatic heterocycles. The molecule has 0 fully saturated rings. The second-order valence-corrected chi connectivity index (χ2v) is 8.86. The number of hydrogen-bond donors (Lipinski definition) is 1. The van der Waals surface area contributed by atoms with Crippen LogP contribution in [0.3, 0.4) is 0 Å². The molecule has 0 aliphatic carbocycles. The van der Waals surface area contributed by atoms with Gasteiger partial charge >= 0.3 is 5.97 Å². The van der Waals surface area contributed by atoms with Crippen LogP contribution < -0.4 is 10.2 Å². The van der Waals surface area contributed by atoms with Crippen LogP contribution in [0.4, 0.5) is 0 Å². The molecule has 7 nitrogen and oxygen atoms in total. The molecule has 3 rings (SSSR count). The van der Waals surface area contributed by atoms with Crippen LogP contribution >= 0.6 is 31.9 Å². The van der Waals surface area contributed by atoms with E-state index in [0.717, 1.165) is 31.6 Å². The Bertz CT molecular complexity index is 1190. The normalized spacial score (nSPS) is 10.9. The van der Waals surface area contributed by atoms with Crippen LogP contribution in [-0.2, 0) is 9.53 Å². The highest BCUT2D eigenvalue weighted by Crippen LogP contribution is 2.28. The van der Waals surface area contributed by atoms with Crippen molar-refractivity contribution in [1.29, 1.82) is 0 Å². The molecule has 0 saturated heterocycles. The number of amides is 1. The second-order valence-electron chi connectivity index (χ2n) is 7.09. The number of hydrazone groups is 1. The summed E-state index contributed by atoms with van der Waals surface area (Å²) < 4.78 is 14.2. The largest absolute Gasteiger partial charge is 0.483 e. The highest BCUT2D eigenvalue weighted by molar-refractivity contribution is 9.11. The number of ether oxygens (including phenoxy) is 2. The number of benzene rings is 2. The lowest BCUT2D eigenvalue weighted by atomic mass is 10.2. The number of aryl methyl sites for hydroxylation is 1. The zero-order valence-electron chi connectivity index (χ0n) is 18.4. The zero-order valence-corrected chi connectivity index (χ0v) is 21.6. The van der Waals surface area contributed by atoms with Gasteiger partial charge in [-0.15, -0.1) is 0 Å². The smallest absolute Gasteiger partial charge is 0.338 e. The van der Waals surface area contributed by atoms with E-state index in [4.69, 9.17) is 9.47 Å². The summed E-state index contributed by atoms with van der Waals surface area (Å²) in [6, 6.07) is 14.6. The molecule has 0 radical (unpaired) electrons. The van der Waals surface area contributed by atoms with Crippen LogP contribution in [0.2, 0.25) is 0 Å². The first-order valence-corrected chi connectivity index (χ1v) is 11.7. The Kier molecular flexibility index (Phi) is 8.46. The zero-order chi connectivity index (χ0) is 24.0. The second kappa shape index (κ2) is 11.3. The molecular weight excluding hydrogens is 554 g/mol. The van der Waals surface area contributed by atoms with Gasteiger partial charge in [-0.2, -0.15) is 5.10 Å². The molecule has 1 heterocycles. The summed E-state index contributed by atoms with van der Waals surface area (Å²) in [5.41, 5.74) is 6.70. The van der Waals surface area contributed by atoms with Gasteiger partial charge in [0.2, 0.25) is 0 Å². The van der Waals surface area contributed by atoms with Crippen LogP contribution in [-0.4, -0.2) is 35.9 Å². The minimum absolute atomic E-state index is 0.163. The maximum atomic E-state index is 12.1. The van der Waals surface area contributed by atoms with E-state index in [-0.39, 0.29) is 18.5 Å². The fourth-order valence-electron chi connectivity index (χ4n) is 3.22. The van der Waals surface area contributed by atoms with Crippen molar-refractivity contribution in [2.75, 3.05) is 13.2 Å². The van der Waals surface area contributed by atoms with Gasteiger partial charge in [-0.1, -0.05) is 15.9 Å². The minimum atomic E-state index is -0.371. The maximum absolute atomic E-state index is 12.1. The average Bonchev–Trinajstić information content (AvgIpc) is 3.06. The number of aromatic nitrogens is 1. The van der Waals surface area contributed by atoms with Crippen molar-refractivity contribution in [3.63, 3.8) is 0 Å². The third-order valence-corrected chi connectivity index (χ3v) is 5.87. The van der Waals surface area contributed by atoms with E-state index in [0.29, 0.717) is 17.9 Å². The molecule has 1 amide bonds. The summed E-state index contributed by atoms with van der Waals surface area (Å²) in [5.74, 6) is -0.149. The van der Waals surface area contributed by atoms with Crippen molar-refractivity contribution in [2.24, 2.45) is 5.10 Å². The van der Waals surface area contributed by atoms with Crippen LogP contribution in [0.5, 0.6) is 5.75 Å². The highest BCUT2D eigenvalue weighted by atomic mass is 79.9. The Morgan fingerprint density at radius 2 is 1.82 bits per heavy atom. The summed E-state index contributed by atoms with van der Waals surface area (Å²) >= 11 is 6.76. The lowest BCUT2D eigenvalue weighted by molar-refractivity contribution is -0.123. The molecule has 1 aromatic heterocycles. The van der Waals surface area contributed by atoms with Gasteiger partial charge < -0.3 is 14.0 Å². The van der Waals surface area contributed by atoms with Gasteiger partial charge in [-0.3, -0.25) is 4.79 Å². The number of nitrogens with zero attached hydrogens (tertiary/aromatic N) is 2. The number of rotatable bonds is 8. The molecule has 0 spiro atoms. The Morgan fingerprint density at radius 3 is 2.48 bits per heavy atom. The Balaban J connectivity index is 1.63. The molecule has 2 aromatic carbocycles. The van der Waals surface area contributed by atoms with Crippen LogP contribution in [0.1, 0.15) is 34.2 Å². The minimum Gasteiger partial charge on any atom is -0.483 e. The summed E-state index contributed by atoms with van der Waals surface area (Å²) in [6.45, 7) is 5.89. The van der Waals surface area contributed by atoms with Gasteiger partial charge in [0.1, 0.15) is 5.75 Å². The number of halogens is 2. The number of esters is 1. The Morgan fingerprint density at radius 1 is 1.09 bits per heavy atom. The maximum Gasteiger partial charge on any atom is 0.338 e. The van der Waals surface area contributed by atoms with Gasteiger partial charge in [0.25, 0.3) is 5.91 Å². The summed E-state index contributed by atoms with van der Waals surface area (Å²) in [5, 5.41) is 4.06. The van der Waals surface area contributed by atoms with E-state index >= 15 is 0 Å². The SMILES string of the molecule is CCOC(=O)c1ccc(-n2c(C)cc(/C=N/NC(=O)COc3ccc(Br)cc3Br)c2C)cc1. The summed E-state index contributed by atoms with van der Waals surface area (Å²) in [7, 11) is 0. The number of nitrogens with one attached hydrogen (secondary N) is 1. The summed E-state index contributed by atoms with van der Waals surface area (Å²) in [4.78, 5) is 23.9. The first-order valence-electron chi connectivity index (χ1n) is 10.2. The van der Waals surface area contributed by atoms with E-state index in [9.17, 15) is 9.59 Å². The fourth-order valence-corrected chi connectivity index (χ4v) is 4.38. The van der Waals surface area contributed by atoms with Gasteiger partial charge in [0, 0.05) is 27.1 Å². The lowest BCUT2D eigenvalue weighted by Gasteiger charge is -2.10. The highest BCUT2D eigenvalue weighted by Gasteiger charge is 2.12.